The second-order valence-corrected chi connectivity index (χ2v) is 3.12. The second-order valence-electron chi connectivity index (χ2n) is 3.12. The lowest BCUT2D eigenvalue weighted by Crippen LogP contribution is -2.07. The van der Waals surface area contributed by atoms with Crippen molar-refractivity contribution in [1.29, 1.82) is 0 Å². The molecule has 0 bridgehead atoms. The van der Waals surface area contributed by atoms with E-state index < -0.39 is 12.1 Å². The molecule has 0 amide bonds. The molecule has 0 aliphatic carbocycles. The fourth-order valence-electron chi connectivity index (χ4n) is 0.611. The molecule has 1 fully saturated rings. The average Bonchev–Trinajstić information content (AvgIpc) is 2.82. The van der Waals surface area contributed by atoms with Crippen molar-refractivity contribution >= 4 is 17.7 Å². The van der Waals surface area contributed by atoms with Gasteiger partial charge in [0.25, 0.3) is 6.10 Å². The van der Waals surface area contributed by atoms with Gasteiger partial charge in [-0.25, -0.2) is 9.59 Å². The highest BCUT2D eigenvalue weighted by molar-refractivity contribution is 6.10. The summed E-state index contributed by atoms with van der Waals surface area (Å²) < 4.78 is 8.83. The maximum absolute atomic E-state index is 10.3. The van der Waals surface area contributed by atoms with Crippen molar-refractivity contribution in [2.45, 2.75) is 33.0 Å². The minimum absolute atomic E-state index is 0.0412. The second kappa shape index (κ2) is 5.95. The molecule has 5 nitrogen and oxygen atoms in total. The molecule has 1 saturated heterocycles. The van der Waals surface area contributed by atoms with Crippen LogP contribution >= 0.6 is 0 Å². The van der Waals surface area contributed by atoms with Gasteiger partial charge in [0.15, 0.2) is 5.78 Å². The van der Waals surface area contributed by atoms with Crippen LogP contribution in [0.5, 0.6) is 0 Å². The van der Waals surface area contributed by atoms with Crippen molar-refractivity contribution in [3.63, 3.8) is 0 Å². The van der Waals surface area contributed by atoms with Gasteiger partial charge in [-0.1, -0.05) is 6.58 Å². The highest BCUT2D eigenvalue weighted by atomic mass is 16.6. The number of rotatable bonds is 3. The van der Waals surface area contributed by atoms with E-state index in [1.807, 2.05) is 0 Å². The van der Waals surface area contributed by atoms with Crippen molar-refractivity contribution in [1.82, 2.24) is 0 Å². The minimum Gasteiger partial charge on any atom is -0.460 e. The Morgan fingerprint density at radius 2 is 2.00 bits per heavy atom. The maximum atomic E-state index is 10.3. The molecule has 1 aliphatic heterocycles. The van der Waals surface area contributed by atoms with Crippen LogP contribution in [0.15, 0.2) is 12.7 Å². The minimum atomic E-state index is -0.708. The number of epoxide rings is 1. The quantitative estimate of drug-likeness (QED) is 0.298. The van der Waals surface area contributed by atoms with Gasteiger partial charge < -0.3 is 9.47 Å². The SMILES string of the molecule is C=CC(=O)OC(C)C.CC(=O)C1OC1=O. The van der Waals surface area contributed by atoms with Crippen LogP contribution in [0.2, 0.25) is 0 Å². The molecule has 1 aliphatic rings. The van der Waals surface area contributed by atoms with Crippen molar-refractivity contribution < 1.29 is 23.9 Å². The highest BCUT2D eigenvalue weighted by Gasteiger charge is 2.42. The van der Waals surface area contributed by atoms with E-state index in [0.717, 1.165) is 6.08 Å². The lowest BCUT2D eigenvalue weighted by Gasteiger charge is -2.02. The molecule has 0 aromatic rings. The first-order valence-electron chi connectivity index (χ1n) is 4.42. The smallest absolute Gasteiger partial charge is 0.356 e. The van der Waals surface area contributed by atoms with E-state index in [0.29, 0.717) is 0 Å². The van der Waals surface area contributed by atoms with Gasteiger partial charge in [0, 0.05) is 6.08 Å². The first-order valence-corrected chi connectivity index (χ1v) is 4.42. The molecule has 0 radical (unpaired) electrons. The first-order chi connectivity index (χ1) is 6.88. The number of hydrogen-bond donors (Lipinski definition) is 0. The Bertz CT molecular complexity index is 280. The lowest BCUT2D eigenvalue weighted by atomic mass is 10.3. The molecule has 0 saturated carbocycles. The summed E-state index contributed by atoms with van der Waals surface area (Å²) in [5.41, 5.74) is 0. The number of hydrogen-bond acceptors (Lipinski definition) is 5. The Kier molecular flexibility index (Phi) is 5.30. The number of Topliss-reactive ketones (excluding diaryl/α,β-unsaturated/α-hetero) is 1. The molecule has 0 aromatic heterocycles. The Morgan fingerprint density at radius 3 is 2.07 bits per heavy atom. The zero-order valence-corrected chi connectivity index (χ0v) is 8.98. The molecule has 84 valence electrons. The van der Waals surface area contributed by atoms with Gasteiger partial charge in [-0.15, -0.1) is 0 Å². The van der Waals surface area contributed by atoms with Crippen molar-refractivity contribution in [3.8, 4) is 0 Å². The molecular formula is C10H14O5. The van der Waals surface area contributed by atoms with E-state index >= 15 is 0 Å². The zero-order valence-electron chi connectivity index (χ0n) is 8.98. The molecule has 0 aromatic carbocycles. The van der Waals surface area contributed by atoms with E-state index in [4.69, 9.17) is 0 Å². The fraction of sp³-hybridized carbons (Fsp3) is 0.500. The van der Waals surface area contributed by atoms with Crippen molar-refractivity contribution in [3.05, 3.63) is 12.7 Å². The predicted octanol–water partition coefficient (Wildman–Crippen LogP) is 0.625. The monoisotopic (exact) mass is 214 g/mol. The van der Waals surface area contributed by atoms with E-state index in [2.05, 4.69) is 16.1 Å². The third-order valence-corrected chi connectivity index (χ3v) is 1.28. The number of carbonyl (C=O) groups is 3. The summed E-state index contributed by atoms with van der Waals surface area (Å²) in [6.45, 7) is 8.15. The Hall–Kier alpha value is -1.65. The summed E-state index contributed by atoms with van der Waals surface area (Å²) in [7, 11) is 0. The number of ketones is 1. The van der Waals surface area contributed by atoms with Crippen LogP contribution in [-0.2, 0) is 23.9 Å². The lowest BCUT2D eigenvalue weighted by molar-refractivity contribution is -0.141. The van der Waals surface area contributed by atoms with Gasteiger partial charge in [0.2, 0.25) is 0 Å². The Morgan fingerprint density at radius 1 is 1.53 bits per heavy atom. The average molecular weight is 214 g/mol. The van der Waals surface area contributed by atoms with Gasteiger partial charge in [-0.05, 0) is 20.8 Å². The fourth-order valence-corrected chi connectivity index (χ4v) is 0.611. The third-order valence-electron chi connectivity index (χ3n) is 1.28. The molecular weight excluding hydrogens is 200 g/mol. The van der Waals surface area contributed by atoms with Crippen LogP contribution in [0, 0.1) is 0 Å². The summed E-state index contributed by atoms with van der Waals surface area (Å²) in [6.07, 6.45) is 0.403. The predicted molar refractivity (Wildman–Crippen MR) is 52.0 cm³/mol. The molecule has 0 spiro atoms. The molecule has 15 heavy (non-hydrogen) atoms. The molecule has 1 unspecified atom stereocenters. The van der Waals surface area contributed by atoms with Crippen LogP contribution < -0.4 is 0 Å². The summed E-state index contributed by atoms with van der Waals surface area (Å²) in [5.74, 6) is -0.961. The van der Waals surface area contributed by atoms with E-state index in [1.165, 1.54) is 6.92 Å². The van der Waals surface area contributed by atoms with Crippen LogP contribution in [0.1, 0.15) is 20.8 Å². The summed E-state index contributed by atoms with van der Waals surface area (Å²) in [6, 6.07) is 0. The summed E-state index contributed by atoms with van der Waals surface area (Å²) >= 11 is 0. The van der Waals surface area contributed by atoms with Crippen LogP contribution in [0.4, 0.5) is 0 Å². The maximum Gasteiger partial charge on any atom is 0.356 e. The zero-order chi connectivity index (χ0) is 12.0. The van der Waals surface area contributed by atoms with Gasteiger partial charge in [-0.3, -0.25) is 4.79 Å². The van der Waals surface area contributed by atoms with Crippen LogP contribution in [-0.4, -0.2) is 29.9 Å². The van der Waals surface area contributed by atoms with Gasteiger partial charge >= 0.3 is 11.9 Å². The largest absolute Gasteiger partial charge is 0.460 e. The standard InChI is InChI=1S/C6H10O2.C4H4O3/c1-4-6(7)8-5(2)3;1-2(5)3-4(6)7-3/h4-5H,1H2,2-3H3;3H,1H3. The van der Waals surface area contributed by atoms with E-state index in [-0.39, 0.29) is 17.9 Å². The number of esters is 1. The van der Waals surface area contributed by atoms with E-state index in [9.17, 15) is 14.4 Å². The number of carbonyl (C=O) groups excluding carboxylic acids is 3. The van der Waals surface area contributed by atoms with Gasteiger partial charge in [0.1, 0.15) is 0 Å². The molecule has 0 N–H and O–H groups in total. The molecule has 1 rings (SSSR count). The normalized spacial score (nSPS) is 17.1. The number of cyclic esters (lactones) is 1. The molecule has 1 heterocycles. The summed E-state index contributed by atoms with van der Waals surface area (Å²) in [5, 5.41) is 0. The number of ether oxygens (including phenoxy) is 2. The van der Waals surface area contributed by atoms with E-state index in [1.54, 1.807) is 13.8 Å². The highest BCUT2D eigenvalue weighted by Crippen LogP contribution is 2.11. The third kappa shape index (κ3) is 6.42. The van der Waals surface area contributed by atoms with Crippen LogP contribution in [0.3, 0.4) is 0 Å². The van der Waals surface area contributed by atoms with Crippen LogP contribution in [0.25, 0.3) is 0 Å². The van der Waals surface area contributed by atoms with Gasteiger partial charge in [0.05, 0.1) is 6.10 Å². The Balaban J connectivity index is 0.000000262. The first kappa shape index (κ1) is 13.4. The molecule has 1 atom stereocenters. The van der Waals surface area contributed by atoms with Crippen molar-refractivity contribution in [2.75, 3.05) is 0 Å². The topological polar surface area (TPSA) is 73.0 Å². The molecule has 5 heteroatoms. The summed E-state index contributed by atoms with van der Waals surface area (Å²) in [4.78, 5) is 30.2. The van der Waals surface area contributed by atoms with Gasteiger partial charge in [-0.2, -0.15) is 0 Å². The van der Waals surface area contributed by atoms with Crippen molar-refractivity contribution in [2.24, 2.45) is 0 Å². The Labute approximate surface area is 88.0 Å².